The summed E-state index contributed by atoms with van der Waals surface area (Å²) in [5, 5.41) is 3.75. The highest BCUT2D eigenvalue weighted by Crippen LogP contribution is 2.24. The van der Waals surface area contributed by atoms with E-state index in [-0.39, 0.29) is 11.8 Å². The van der Waals surface area contributed by atoms with E-state index in [1.807, 2.05) is 37.8 Å². The minimum absolute atomic E-state index is 0.0539. The van der Waals surface area contributed by atoms with Crippen LogP contribution in [0.4, 0.5) is 11.5 Å². The van der Waals surface area contributed by atoms with Crippen LogP contribution >= 0.6 is 23.2 Å². The molecule has 0 aliphatic carbocycles. The first-order valence-corrected chi connectivity index (χ1v) is 10.7. The number of nitrogens with one attached hydrogen (secondary N) is 1. The van der Waals surface area contributed by atoms with Gasteiger partial charge in [-0.1, -0.05) is 44.0 Å². The van der Waals surface area contributed by atoms with E-state index in [4.69, 9.17) is 23.2 Å². The van der Waals surface area contributed by atoms with Gasteiger partial charge < -0.3 is 15.1 Å². The number of rotatable bonds is 3. The smallest absolute Gasteiger partial charge is 0.255 e. The van der Waals surface area contributed by atoms with Crippen molar-refractivity contribution in [2.24, 2.45) is 5.41 Å². The Hall–Kier alpha value is -2.31. The second-order valence-corrected chi connectivity index (χ2v) is 9.21. The van der Waals surface area contributed by atoms with Crippen LogP contribution in [0.3, 0.4) is 0 Å². The number of nitrogens with zero attached hydrogens (tertiary/aromatic N) is 3. The molecule has 0 spiro atoms. The lowest BCUT2D eigenvalue weighted by atomic mass is 9.96. The van der Waals surface area contributed by atoms with Gasteiger partial charge in [-0.25, -0.2) is 4.98 Å². The summed E-state index contributed by atoms with van der Waals surface area (Å²) in [7, 11) is 0. The number of anilines is 2. The number of hydrogen-bond acceptors (Lipinski definition) is 4. The minimum atomic E-state index is -0.466. The molecule has 160 valence electrons. The topological polar surface area (TPSA) is 65.5 Å². The van der Waals surface area contributed by atoms with Gasteiger partial charge in [-0.05, 0) is 36.8 Å². The van der Waals surface area contributed by atoms with Gasteiger partial charge in [0.2, 0.25) is 5.91 Å². The maximum absolute atomic E-state index is 12.9. The van der Waals surface area contributed by atoms with Gasteiger partial charge in [-0.3, -0.25) is 9.59 Å². The Morgan fingerprint density at radius 2 is 1.80 bits per heavy atom. The van der Waals surface area contributed by atoms with Crippen LogP contribution in [0.25, 0.3) is 0 Å². The first kappa shape index (κ1) is 22.4. The van der Waals surface area contributed by atoms with Crippen LogP contribution in [0.15, 0.2) is 36.5 Å². The van der Waals surface area contributed by atoms with Crippen molar-refractivity contribution < 1.29 is 9.59 Å². The fourth-order valence-corrected chi connectivity index (χ4v) is 3.64. The van der Waals surface area contributed by atoms with Gasteiger partial charge in [0.1, 0.15) is 5.82 Å². The van der Waals surface area contributed by atoms with E-state index < -0.39 is 5.41 Å². The van der Waals surface area contributed by atoms with Gasteiger partial charge in [0, 0.05) is 36.6 Å². The summed E-state index contributed by atoms with van der Waals surface area (Å²) in [6, 6.07) is 8.68. The molecule has 1 aromatic carbocycles. The molecule has 1 saturated heterocycles. The van der Waals surface area contributed by atoms with Crippen LogP contribution in [-0.4, -0.2) is 47.9 Å². The lowest BCUT2D eigenvalue weighted by molar-refractivity contribution is -0.123. The average molecular weight is 449 g/mol. The molecule has 3 rings (SSSR count). The lowest BCUT2D eigenvalue weighted by Gasteiger charge is -2.23. The lowest BCUT2D eigenvalue weighted by Crippen LogP contribution is -2.35. The summed E-state index contributed by atoms with van der Waals surface area (Å²) in [4.78, 5) is 33.5. The number of pyridine rings is 1. The molecule has 2 aromatic rings. The predicted molar refractivity (Wildman–Crippen MR) is 122 cm³/mol. The fourth-order valence-electron chi connectivity index (χ4n) is 3.15. The van der Waals surface area contributed by atoms with Gasteiger partial charge >= 0.3 is 0 Å². The van der Waals surface area contributed by atoms with Crippen LogP contribution in [-0.2, 0) is 4.79 Å². The average Bonchev–Trinajstić information content (AvgIpc) is 2.94. The SMILES string of the molecule is CC(C)(C)C(=O)Nc1ccc(N2CCCN(C(=O)c3ccc(Cl)cc3Cl)CC2)nc1. The van der Waals surface area contributed by atoms with Crippen LogP contribution in [0.5, 0.6) is 0 Å². The summed E-state index contributed by atoms with van der Waals surface area (Å²) in [6.07, 6.45) is 2.49. The third kappa shape index (κ3) is 5.43. The first-order valence-electron chi connectivity index (χ1n) is 9.92. The van der Waals surface area contributed by atoms with Crippen LogP contribution in [0, 0.1) is 5.41 Å². The zero-order valence-electron chi connectivity index (χ0n) is 17.4. The molecule has 2 amide bonds. The molecular formula is C22H26Cl2N4O2. The molecule has 0 saturated carbocycles. The molecule has 0 radical (unpaired) electrons. The summed E-state index contributed by atoms with van der Waals surface area (Å²) in [6.45, 7) is 8.27. The summed E-state index contributed by atoms with van der Waals surface area (Å²) in [5.74, 6) is 0.677. The number of hydrogen-bond donors (Lipinski definition) is 1. The minimum Gasteiger partial charge on any atom is -0.355 e. The highest BCUT2D eigenvalue weighted by Gasteiger charge is 2.23. The molecule has 8 heteroatoms. The van der Waals surface area contributed by atoms with Crippen molar-refractivity contribution in [1.29, 1.82) is 0 Å². The molecule has 30 heavy (non-hydrogen) atoms. The van der Waals surface area contributed by atoms with E-state index in [0.717, 1.165) is 18.8 Å². The Morgan fingerprint density at radius 3 is 2.43 bits per heavy atom. The van der Waals surface area contributed by atoms with Gasteiger partial charge in [0.15, 0.2) is 0 Å². The molecule has 6 nitrogen and oxygen atoms in total. The number of aromatic nitrogens is 1. The largest absolute Gasteiger partial charge is 0.355 e. The Morgan fingerprint density at radius 1 is 1.03 bits per heavy atom. The van der Waals surface area contributed by atoms with Gasteiger partial charge in [0.25, 0.3) is 5.91 Å². The third-order valence-corrected chi connectivity index (χ3v) is 5.50. The maximum Gasteiger partial charge on any atom is 0.255 e. The zero-order valence-corrected chi connectivity index (χ0v) is 18.9. The Kier molecular flexibility index (Phi) is 6.88. The van der Waals surface area contributed by atoms with E-state index in [9.17, 15) is 9.59 Å². The van der Waals surface area contributed by atoms with Crippen LogP contribution in [0.1, 0.15) is 37.6 Å². The Balaban J connectivity index is 1.63. The van der Waals surface area contributed by atoms with Crippen molar-refractivity contribution in [3.63, 3.8) is 0 Å². The van der Waals surface area contributed by atoms with Crippen molar-refractivity contribution in [2.45, 2.75) is 27.2 Å². The molecular weight excluding hydrogens is 423 g/mol. The fraction of sp³-hybridized carbons (Fsp3) is 0.409. The second kappa shape index (κ2) is 9.23. The normalized spacial score (nSPS) is 15.0. The summed E-state index contributed by atoms with van der Waals surface area (Å²) in [5.41, 5.74) is 0.668. The Labute approximate surface area is 187 Å². The van der Waals surface area contributed by atoms with E-state index in [2.05, 4.69) is 15.2 Å². The van der Waals surface area contributed by atoms with Gasteiger partial charge in [-0.15, -0.1) is 0 Å². The van der Waals surface area contributed by atoms with Gasteiger partial charge in [0.05, 0.1) is 22.5 Å². The molecule has 0 bridgehead atoms. The number of carbonyl (C=O) groups is 2. The van der Waals surface area contributed by atoms with Crippen molar-refractivity contribution in [1.82, 2.24) is 9.88 Å². The molecule has 1 aliphatic heterocycles. The summed E-state index contributed by atoms with van der Waals surface area (Å²) < 4.78 is 0. The molecule has 1 fully saturated rings. The van der Waals surface area contributed by atoms with Crippen molar-refractivity contribution in [3.05, 3.63) is 52.1 Å². The number of halogens is 2. The number of amides is 2. The standard InChI is InChI=1S/C22H26Cl2N4O2/c1-22(2,3)21(30)26-16-6-8-19(25-14-16)27-9-4-10-28(12-11-27)20(29)17-7-5-15(23)13-18(17)24/h5-8,13-14H,4,9-12H2,1-3H3,(H,26,30). The Bertz CT molecular complexity index is 926. The molecule has 2 heterocycles. The van der Waals surface area contributed by atoms with Gasteiger partial charge in [-0.2, -0.15) is 0 Å². The molecule has 0 atom stereocenters. The predicted octanol–water partition coefficient (Wildman–Crippen LogP) is 4.73. The number of carbonyl (C=O) groups excluding carboxylic acids is 2. The van der Waals surface area contributed by atoms with E-state index >= 15 is 0 Å². The maximum atomic E-state index is 12.9. The molecule has 1 aliphatic rings. The molecule has 0 unspecified atom stereocenters. The van der Waals surface area contributed by atoms with Crippen LogP contribution < -0.4 is 10.2 Å². The number of benzene rings is 1. The first-order chi connectivity index (χ1) is 14.1. The van der Waals surface area contributed by atoms with E-state index in [1.165, 1.54) is 0 Å². The molecule has 1 aromatic heterocycles. The molecule has 1 N–H and O–H groups in total. The summed E-state index contributed by atoms with van der Waals surface area (Å²) >= 11 is 12.1. The highest BCUT2D eigenvalue weighted by atomic mass is 35.5. The quantitative estimate of drug-likeness (QED) is 0.736. The monoisotopic (exact) mass is 448 g/mol. The van der Waals surface area contributed by atoms with E-state index in [1.54, 1.807) is 24.4 Å². The van der Waals surface area contributed by atoms with Crippen molar-refractivity contribution in [2.75, 3.05) is 36.4 Å². The van der Waals surface area contributed by atoms with Crippen LogP contribution in [0.2, 0.25) is 10.0 Å². The van der Waals surface area contributed by atoms with Crippen molar-refractivity contribution >= 4 is 46.5 Å². The van der Waals surface area contributed by atoms with E-state index in [0.29, 0.717) is 40.9 Å². The zero-order chi connectivity index (χ0) is 21.9. The van der Waals surface area contributed by atoms with Crippen molar-refractivity contribution in [3.8, 4) is 0 Å². The third-order valence-electron chi connectivity index (χ3n) is 4.96. The highest BCUT2D eigenvalue weighted by molar-refractivity contribution is 6.36. The second-order valence-electron chi connectivity index (χ2n) is 8.37.